The summed E-state index contributed by atoms with van der Waals surface area (Å²) >= 11 is 7.53. The van der Waals surface area contributed by atoms with Gasteiger partial charge < -0.3 is 14.5 Å². The van der Waals surface area contributed by atoms with Crippen LogP contribution in [0.3, 0.4) is 0 Å². The fourth-order valence-corrected chi connectivity index (χ4v) is 6.01. The van der Waals surface area contributed by atoms with Gasteiger partial charge >= 0.3 is 0 Å². The maximum atomic E-state index is 14.0. The maximum Gasteiger partial charge on any atom is 0.268 e. The number of halogens is 1. The van der Waals surface area contributed by atoms with Crippen molar-refractivity contribution >= 4 is 40.9 Å². The van der Waals surface area contributed by atoms with Crippen molar-refractivity contribution in [1.82, 2.24) is 4.90 Å². The summed E-state index contributed by atoms with van der Waals surface area (Å²) in [6.07, 6.45) is 0. The first-order chi connectivity index (χ1) is 15.5. The zero-order valence-corrected chi connectivity index (χ0v) is 19.0. The fourth-order valence-electron chi connectivity index (χ4n) is 4.43. The molecule has 1 fully saturated rings. The highest BCUT2D eigenvalue weighted by Gasteiger charge is 2.59. The van der Waals surface area contributed by atoms with Crippen LogP contribution < -0.4 is 9.64 Å². The molecule has 0 aliphatic carbocycles. The Bertz CT molecular complexity index is 1200. The van der Waals surface area contributed by atoms with Gasteiger partial charge in [-0.3, -0.25) is 9.59 Å². The van der Waals surface area contributed by atoms with Crippen molar-refractivity contribution in [2.24, 2.45) is 0 Å². The number of anilines is 1. The van der Waals surface area contributed by atoms with Crippen molar-refractivity contribution in [1.29, 1.82) is 0 Å². The van der Waals surface area contributed by atoms with E-state index in [1.165, 1.54) is 11.8 Å². The third-order valence-electron chi connectivity index (χ3n) is 5.91. The molecule has 32 heavy (non-hydrogen) atoms. The van der Waals surface area contributed by atoms with Crippen LogP contribution in [0.15, 0.2) is 72.8 Å². The molecule has 5 nitrogen and oxygen atoms in total. The van der Waals surface area contributed by atoms with Crippen LogP contribution in [0.5, 0.6) is 5.75 Å². The molecule has 0 aromatic heterocycles. The molecule has 2 aliphatic heterocycles. The van der Waals surface area contributed by atoms with E-state index >= 15 is 0 Å². The first kappa shape index (κ1) is 20.9. The molecule has 1 atom stereocenters. The van der Waals surface area contributed by atoms with E-state index in [1.54, 1.807) is 41.2 Å². The third-order valence-corrected chi connectivity index (χ3v) is 7.58. The highest BCUT2D eigenvalue weighted by molar-refractivity contribution is 8.01. The van der Waals surface area contributed by atoms with Crippen molar-refractivity contribution < 1.29 is 14.3 Å². The molecule has 1 saturated heterocycles. The average molecular weight is 465 g/mol. The van der Waals surface area contributed by atoms with E-state index in [1.807, 2.05) is 48.5 Å². The van der Waals surface area contributed by atoms with E-state index in [-0.39, 0.29) is 11.8 Å². The number of benzene rings is 3. The minimum absolute atomic E-state index is 0.0914. The van der Waals surface area contributed by atoms with Gasteiger partial charge in [-0.1, -0.05) is 41.9 Å². The Morgan fingerprint density at radius 2 is 1.88 bits per heavy atom. The first-order valence-corrected chi connectivity index (χ1v) is 11.7. The highest BCUT2D eigenvalue weighted by Crippen LogP contribution is 2.54. The Labute approximate surface area is 195 Å². The Morgan fingerprint density at radius 3 is 2.66 bits per heavy atom. The molecule has 2 aliphatic rings. The van der Waals surface area contributed by atoms with E-state index in [4.69, 9.17) is 16.3 Å². The normalized spacial score (nSPS) is 19.5. The van der Waals surface area contributed by atoms with Crippen LogP contribution in [-0.2, 0) is 16.2 Å². The number of hydrogen-bond donors (Lipinski definition) is 0. The van der Waals surface area contributed by atoms with Gasteiger partial charge in [-0.15, -0.1) is 11.8 Å². The van der Waals surface area contributed by atoms with E-state index in [9.17, 15) is 9.59 Å². The second-order valence-corrected chi connectivity index (χ2v) is 9.44. The number of fused-ring (bicyclic) bond motifs is 2. The molecule has 2 heterocycles. The van der Waals surface area contributed by atoms with Crippen molar-refractivity contribution in [3.63, 3.8) is 0 Å². The quantitative estimate of drug-likeness (QED) is 0.549. The first-order valence-electron chi connectivity index (χ1n) is 10.3. The maximum absolute atomic E-state index is 14.0. The molecule has 0 bridgehead atoms. The van der Waals surface area contributed by atoms with Gasteiger partial charge in [0.05, 0.1) is 19.3 Å². The van der Waals surface area contributed by atoms with Crippen LogP contribution in [0.4, 0.5) is 5.69 Å². The summed E-state index contributed by atoms with van der Waals surface area (Å²) in [4.78, 5) is 29.9. The highest BCUT2D eigenvalue weighted by atomic mass is 35.5. The predicted octanol–water partition coefficient (Wildman–Crippen LogP) is 4.94. The topological polar surface area (TPSA) is 49.9 Å². The second-order valence-electron chi connectivity index (χ2n) is 7.72. The Kier molecular flexibility index (Phi) is 5.35. The standard InChI is InChI=1S/C25H21ClN2O3S/c1-31-20-6-4-5-17(15-20)16-27-22-8-3-2-7-21(22)25(24(27)30)28(13-14-32-25)23(29)18-9-11-19(26)12-10-18/h2-12,15H,13-14,16H2,1H3. The lowest BCUT2D eigenvalue weighted by Gasteiger charge is -2.33. The summed E-state index contributed by atoms with van der Waals surface area (Å²) in [5, 5.41) is 0.568. The van der Waals surface area contributed by atoms with Gasteiger partial charge in [-0.25, -0.2) is 0 Å². The predicted molar refractivity (Wildman–Crippen MR) is 127 cm³/mol. The number of thioether (sulfide) groups is 1. The molecule has 3 aromatic carbocycles. The van der Waals surface area contributed by atoms with Crippen LogP contribution in [-0.4, -0.2) is 36.1 Å². The van der Waals surface area contributed by atoms with Gasteiger partial charge in [0, 0.05) is 28.4 Å². The molecular formula is C25H21ClN2O3S. The van der Waals surface area contributed by atoms with Crippen LogP contribution in [0.2, 0.25) is 5.02 Å². The largest absolute Gasteiger partial charge is 0.497 e. The van der Waals surface area contributed by atoms with Gasteiger partial charge in [0.15, 0.2) is 4.87 Å². The number of methoxy groups -OCH3 is 1. The molecular weight excluding hydrogens is 444 g/mol. The Morgan fingerprint density at radius 1 is 1.09 bits per heavy atom. The molecule has 162 valence electrons. The monoisotopic (exact) mass is 464 g/mol. The summed E-state index contributed by atoms with van der Waals surface area (Å²) in [6, 6.07) is 22.3. The van der Waals surface area contributed by atoms with Gasteiger partial charge in [-0.2, -0.15) is 0 Å². The summed E-state index contributed by atoms with van der Waals surface area (Å²) in [5.74, 6) is 1.17. The molecule has 2 amide bonds. The molecule has 1 spiro atoms. The number of carbonyl (C=O) groups excluding carboxylic acids is 2. The zero-order valence-electron chi connectivity index (χ0n) is 17.5. The average Bonchev–Trinajstić information content (AvgIpc) is 3.36. The molecule has 7 heteroatoms. The van der Waals surface area contributed by atoms with E-state index in [0.717, 1.165) is 22.6 Å². The van der Waals surface area contributed by atoms with Crippen LogP contribution in [0, 0.1) is 0 Å². The number of amides is 2. The summed E-state index contributed by atoms with van der Waals surface area (Å²) < 4.78 is 5.34. The summed E-state index contributed by atoms with van der Waals surface area (Å²) in [6.45, 7) is 0.900. The van der Waals surface area contributed by atoms with Gasteiger partial charge in [0.1, 0.15) is 5.75 Å². The van der Waals surface area contributed by atoms with E-state index < -0.39 is 4.87 Å². The number of hydrogen-bond acceptors (Lipinski definition) is 4. The zero-order chi connectivity index (χ0) is 22.3. The lowest BCUT2D eigenvalue weighted by molar-refractivity contribution is -0.123. The molecule has 0 N–H and O–H groups in total. The lowest BCUT2D eigenvalue weighted by Crippen LogP contribution is -2.50. The fraction of sp³-hybridized carbons (Fsp3) is 0.200. The number of nitrogens with zero attached hydrogens (tertiary/aromatic N) is 2. The van der Waals surface area contributed by atoms with Gasteiger partial charge in [0.25, 0.3) is 11.8 Å². The van der Waals surface area contributed by atoms with Crippen molar-refractivity contribution in [2.45, 2.75) is 11.4 Å². The van der Waals surface area contributed by atoms with Crippen LogP contribution >= 0.6 is 23.4 Å². The molecule has 1 unspecified atom stereocenters. The molecule has 5 rings (SSSR count). The van der Waals surface area contributed by atoms with Crippen LogP contribution in [0.1, 0.15) is 21.5 Å². The van der Waals surface area contributed by atoms with Gasteiger partial charge in [0.2, 0.25) is 0 Å². The lowest BCUT2D eigenvalue weighted by atomic mass is 10.0. The smallest absolute Gasteiger partial charge is 0.268 e. The second kappa shape index (κ2) is 8.19. The Hall–Kier alpha value is -2.96. The summed E-state index contributed by atoms with van der Waals surface area (Å²) in [7, 11) is 1.62. The Balaban J connectivity index is 1.55. The third kappa shape index (κ3) is 3.26. The molecule has 0 radical (unpaired) electrons. The number of ether oxygens (including phenoxy) is 1. The van der Waals surface area contributed by atoms with E-state index in [0.29, 0.717) is 29.4 Å². The summed E-state index contributed by atoms with van der Waals surface area (Å²) in [5.41, 5.74) is 3.18. The molecule has 0 saturated carbocycles. The number of rotatable bonds is 4. The number of carbonyl (C=O) groups is 2. The minimum Gasteiger partial charge on any atom is -0.497 e. The van der Waals surface area contributed by atoms with E-state index in [2.05, 4.69) is 0 Å². The SMILES string of the molecule is COc1cccc(CN2C(=O)C3(SCCN3C(=O)c3ccc(Cl)cc3)c3ccccc32)c1. The van der Waals surface area contributed by atoms with Crippen molar-refractivity contribution in [3.8, 4) is 5.75 Å². The minimum atomic E-state index is -1.06. The van der Waals surface area contributed by atoms with Gasteiger partial charge in [-0.05, 0) is 48.0 Å². The van der Waals surface area contributed by atoms with Crippen molar-refractivity contribution in [2.75, 3.05) is 24.3 Å². The van der Waals surface area contributed by atoms with Crippen LogP contribution in [0.25, 0.3) is 0 Å². The van der Waals surface area contributed by atoms with Crippen molar-refractivity contribution in [3.05, 3.63) is 94.5 Å². The molecule has 3 aromatic rings. The number of para-hydroxylation sites is 1.